The molecule has 1 N–H and O–H groups in total. The number of thiazole rings is 1. The molecule has 1 aliphatic heterocycles. The zero-order chi connectivity index (χ0) is 14.3. The van der Waals surface area contributed by atoms with Gasteiger partial charge >= 0.3 is 6.03 Å². The summed E-state index contributed by atoms with van der Waals surface area (Å²) in [5, 5.41) is 3.58. The van der Waals surface area contributed by atoms with E-state index in [2.05, 4.69) is 17.2 Å². The zero-order valence-electron chi connectivity index (χ0n) is 11.2. The van der Waals surface area contributed by atoms with E-state index in [9.17, 15) is 9.59 Å². The largest absolute Gasteiger partial charge is 0.325 e. The Labute approximate surface area is 126 Å². The Kier molecular flexibility index (Phi) is 3.46. The molecule has 5 nitrogen and oxygen atoms in total. The molecule has 3 rings (SSSR count). The van der Waals surface area contributed by atoms with Crippen molar-refractivity contribution < 1.29 is 9.59 Å². The summed E-state index contributed by atoms with van der Waals surface area (Å²) in [6, 6.07) is -0.309. The van der Waals surface area contributed by atoms with E-state index in [4.69, 9.17) is 11.6 Å². The predicted octanol–water partition coefficient (Wildman–Crippen LogP) is 2.80. The fraction of sp³-hybridized carbons (Fsp3) is 0.615. The molecule has 0 aromatic carbocycles. The van der Waals surface area contributed by atoms with Crippen molar-refractivity contribution in [2.75, 3.05) is 0 Å². The number of carbonyl (C=O) groups is 2. The first-order valence-corrected chi connectivity index (χ1v) is 7.94. The van der Waals surface area contributed by atoms with Crippen LogP contribution in [0.3, 0.4) is 0 Å². The Balaban J connectivity index is 1.77. The van der Waals surface area contributed by atoms with Crippen molar-refractivity contribution in [3.05, 3.63) is 15.5 Å². The lowest BCUT2D eigenvalue weighted by Gasteiger charge is -2.33. The molecular weight excluding hydrogens is 298 g/mol. The molecule has 2 aliphatic rings. The van der Waals surface area contributed by atoms with Crippen molar-refractivity contribution in [1.29, 1.82) is 0 Å². The Morgan fingerprint density at radius 3 is 2.80 bits per heavy atom. The molecule has 1 aromatic rings. The highest BCUT2D eigenvalue weighted by atomic mass is 35.5. The van der Waals surface area contributed by atoms with Gasteiger partial charge in [-0.05, 0) is 31.6 Å². The number of imide groups is 1. The number of halogens is 1. The van der Waals surface area contributed by atoms with Gasteiger partial charge in [0.05, 0.1) is 12.7 Å². The van der Waals surface area contributed by atoms with E-state index in [1.807, 2.05) is 0 Å². The third kappa shape index (κ3) is 2.31. The van der Waals surface area contributed by atoms with Gasteiger partial charge in [-0.15, -0.1) is 11.3 Å². The summed E-state index contributed by atoms with van der Waals surface area (Å²) >= 11 is 7.12. The maximum atomic E-state index is 12.6. The number of amides is 3. The van der Waals surface area contributed by atoms with Crippen molar-refractivity contribution in [2.24, 2.45) is 5.92 Å². The van der Waals surface area contributed by atoms with Crippen molar-refractivity contribution in [1.82, 2.24) is 15.2 Å². The highest BCUT2D eigenvalue weighted by molar-refractivity contribution is 7.15. The maximum Gasteiger partial charge on any atom is 0.325 e. The molecule has 0 radical (unpaired) electrons. The van der Waals surface area contributed by atoms with Crippen LogP contribution in [0.2, 0.25) is 4.34 Å². The first-order valence-electron chi connectivity index (χ1n) is 6.74. The molecule has 20 heavy (non-hydrogen) atoms. The molecule has 108 valence electrons. The van der Waals surface area contributed by atoms with Gasteiger partial charge in [0.1, 0.15) is 14.9 Å². The summed E-state index contributed by atoms with van der Waals surface area (Å²) < 4.78 is 0.563. The average Bonchev–Trinajstić information content (AvgIpc) is 2.92. The minimum absolute atomic E-state index is 0.110. The molecule has 7 heteroatoms. The quantitative estimate of drug-likeness (QED) is 0.854. The van der Waals surface area contributed by atoms with Crippen LogP contribution in [0.1, 0.15) is 37.6 Å². The third-order valence-electron chi connectivity index (χ3n) is 4.19. The van der Waals surface area contributed by atoms with Gasteiger partial charge in [-0.1, -0.05) is 18.5 Å². The summed E-state index contributed by atoms with van der Waals surface area (Å²) in [5.74, 6) is 0.512. The lowest BCUT2D eigenvalue weighted by Crippen LogP contribution is -2.49. The number of hydrogen-bond acceptors (Lipinski definition) is 4. The fourth-order valence-corrected chi connectivity index (χ4v) is 3.86. The summed E-state index contributed by atoms with van der Waals surface area (Å²) in [6.45, 7) is 2.39. The number of carbonyl (C=O) groups excluding carboxylic acids is 2. The van der Waals surface area contributed by atoms with Gasteiger partial charge in [0.15, 0.2) is 0 Å². The molecule has 3 amide bonds. The smallest absolute Gasteiger partial charge is 0.323 e. The van der Waals surface area contributed by atoms with E-state index in [0.29, 0.717) is 15.3 Å². The van der Waals surface area contributed by atoms with Gasteiger partial charge in [-0.2, -0.15) is 0 Å². The molecule has 2 heterocycles. The molecule has 0 bridgehead atoms. The van der Waals surface area contributed by atoms with Crippen LogP contribution in [0.4, 0.5) is 4.79 Å². The standard InChI is InChI=1S/C13H16ClN3O2S/c1-8-2-4-13(5-3-8)11(18)17(12(19)16-13)7-10-15-6-9(14)20-10/h6,8H,2-5,7H2,1H3,(H,16,19). The molecule has 1 saturated heterocycles. The van der Waals surface area contributed by atoms with Gasteiger partial charge in [0.25, 0.3) is 5.91 Å². The van der Waals surface area contributed by atoms with Crippen LogP contribution in [-0.4, -0.2) is 27.4 Å². The first kappa shape index (κ1) is 13.8. The summed E-state index contributed by atoms with van der Waals surface area (Å²) in [4.78, 5) is 30.1. The second-order valence-corrected chi connectivity index (χ2v) is 7.39. The normalized spacial score (nSPS) is 30.1. The van der Waals surface area contributed by atoms with Crippen molar-refractivity contribution >= 4 is 34.9 Å². The SMILES string of the molecule is CC1CCC2(CC1)NC(=O)N(Cc1ncc(Cl)s1)C2=O. The molecule has 1 saturated carbocycles. The van der Waals surface area contributed by atoms with Gasteiger partial charge in [0, 0.05) is 0 Å². The second kappa shape index (κ2) is 5.00. The lowest BCUT2D eigenvalue weighted by atomic mass is 9.77. The zero-order valence-corrected chi connectivity index (χ0v) is 12.8. The monoisotopic (exact) mass is 313 g/mol. The Bertz CT molecular complexity index is 552. The summed E-state index contributed by atoms with van der Waals surface area (Å²) in [7, 11) is 0. The molecule has 2 fully saturated rings. The summed E-state index contributed by atoms with van der Waals surface area (Å²) in [5.41, 5.74) is -0.676. The number of nitrogens with zero attached hydrogens (tertiary/aromatic N) is 2. The van der Waals surface area contributed by atoms with Crippen LogP contribution in [0.5, 0.6) is 0 Å². The van der Waals surface area contributed by atoms with Crippen LogP contribution >= 0.6 is 22.9 Å². The molecular formula is C13H16ClN3O2S. The summed E-state index contributed by atoms with van der Waals surface area (Å²) in [6.07, 6.45) is 4.95. The molecule has 1 spiro atoms. The molecule has 1 aliphatic carbocycles. The van der Waals surface area contributed by atoms with E-state index >= 15 is 0 Å². The van der Waals surface area contributed by atoms with Gasteiger partial charge < -0.3 is 5.32 Å². The van der Waals surface area contributed by atoms with E-state index in [0.717, 1.165) is 25.7 Å². The topological polar surface area (TPSA) is 62.3 Å². The van der Waals surface area contributed by atoms with Crippen LogP contribution in [0, 0.1) is 5.92 Å². The van der Waals surface area contributed by atoms with Gasteiger partial charge in [-0.3, -0.25) is 9.69 Å². The molecule has 0 unspecified atom stereocenters. The Hall–Kier alpha value is -1.14. The Morgan fingerprint density at radius 1 is 1.50 bits per heavy atom. The van der Waals surface area contributed by atoms with E-state index in [-0.39, 0.29) is 18.5 Å². The minimum Gasteiger partial charge on any atom is -0.323 e. The molecule has 1 aromatic heterocycles. The highest BCUT2D eigenvalue weighted by Crippen LogP contribution is 2.37. The van der Waals surface area contributed by atoms with Crippen molar-refractivity contribution in [3.63, 3.8) is 0 Å². The second-order valence-electron chi connectivity index (χ2n) is 5.64. The fourth-order valence-electron chi connectivity index (χ4n) is 2.91. The first-order chi connectivity index (χ1) is 9.50. The van der Waals surface area contributed by atoms with Gasteiger partial charge in [-0.25, -0.2) is 9.78 Å². The minimum atomic E-state index is -0.676. The van der Waals surface area contributed by atoms with Crippen LogP contribution in [0.15, 0.2) is 6.20 Å². The van der Waals surface area contributed by atoms with Crippen LogP contribution in [0.25, 0.3) is 0 Å². The predicted molar refractivity (Wildman–Crippen MR) is 76.6 cm³/mol. The number of urea groups is 1. The van der Waals surface area contributed by atoms with Crippen molar-refractivity contribution in [2.45, 2.75) is 44.7 Å². The van der Waals surface area contributed by atoms with Crippen LogP contribution in [-0.2, 0) is 11.3 Å². The number of aromatic nitrogens is 1. The van der Waals surface area contributed by atoms with E-state index in [1.54, 1.807) is 0 Å². The van der Waals surface area contributed by atoms with Gasteiger partial charge in [0.2, 0.25) is 0 Å². The van der Waals surface area contributed by atoms with E-state index in [1.165, 1.54) is 22.4 Å². The number of nitrogens with one attached hydrogen (secondary N) is 1. The lowest BCUT2D eigenvalue weighted by molar-refractivity contribution is -0.133. The van der Waals surface area contributed by atoms with E-state index < -0.39 is 5.54 Å². The number of hydrogen-bond donors (Lipinski definition) is 1. The third-order valence-corrected chi connectivity index (χ3v) is 5.29. The van der Waals surface area contributed by atoms with Crippen molar-refractivity contribution in [3.8, 4) is 0 Å². The Morgan fingerprint density at radius 2 is 2.20 bits per heavy atom. The number of rotatable bonds is 2. The highest BCUT2D eigenvalue weighted by Gasteiger charge is 2.52. The maximum absolute atomic E-state index is 12.6. The molecule has 0 atom stereocenters. The average molecular weight is 314 g/mol. The van der Waals surface area contributed by atoms with Crippen LogP contribution < -0.4 is 5.32 Å².